The smallest absolute Gasteiger partial charge is 0.175 e. The molecule has 0 atom stereocenters. The van der Waals surface area contributed by atoms with Crippen molar-refractivity contribution in [3.05, 3.63) is 72.2 Å². The first-order valence-electron chi connectivity index (χ1n) is 8.45. The lowest BCUT2D eigenvalue weighted by molar-refractivity contribution is 1.10. The number of thiocarbonyl (C=S) groups is 1. The zero-order valence-electron chi connectivity index (χ0n) is 14.8. The topological polar surface area (TPSA) is 61.9 Å². The van der Waals surface area contributed by atoms with Crippen molar-refractivity contribution in [2.75, 3.05) is 16.0 Å². The van der Waals surface area contributed by atoms with Gasteiger partial charge in [0, 0.05) is 28.8 Å². The number of nitrogens with zero attached hydrogens (tertiary/aromatic N) is 2. The van der Waals surface area contributed by atoms with Crippen LogP contribution in [0, 0.1) is 6.92 Å². The summed E-state index contributed by atoms with van der Waals surface area (Å²) in [6.45, 7) is 4.06. The molecule has 26 heavy (non-hydrogen) atoms. The predicted octanol–water partition coefficient (Wildman–Crippen LogP) is 4.90. The first kappa shape index (κ1) is 17.8. The Hall–Kier alpha value is -2.99. The Morgan fingerprint density at radius 2 is 1.77 bits per heavy atom. The maximum Gasteiger partial charge on any atom is 0.175 e. The van der Waals surface area contributed by atoms with Crippen molar-refractivity contribution in [2.45, 2.75) is 20.3 Å². The number of para-hydroxylation sites is 1. The van der Waals surface area contributed by atoms with E-state index in [0.717, 1.165) is 35.0 Å². The van der Waals surface area contributed by atoms with E-state index in [1.807, 2.05) is 55.5 Å². The largest absolute Gasteiger partial charge is 0.340 e. The average molecular weight is 363 g/mol. The molecular weight excluding hydrogens is 342 g/mol. The fourth-order valence-electron chi connectivity index (χ4n) is 2.56. The normalized spacial score (nSPS) is 10.2. The molecule has 3 rings (SSSR count). The molecule has 5 nitrogen and oxygen atoms in total. The van der Waals surface area contributed by atoms with E-state index in [1.165, 1.54) is 5.56 Å². The summed E-state index contributed by atoms with van der Waals surface area (Å²) in [5, 5.41) is 10.4. The van der Waals surface area contributed by atoms with Crippen molar-refractivity contribution in [1.82, 2.24) is 9.97 Å². The number of nitrogens with one attached hydrogen (secondary N) is 3. The summed E-state index contributed by atoms with van der Waals surface area (Å²) in [5.41, 5.74) is 4.96. The van der Waals surface area contributed by atoms with Crippen LogP contribution < -0.4 is 16.0 Å². The van der Waals surface area contributed by atoms with E-state index in [2.05, 4.69) is 38.9 Å². The number of hydrogen-bond acceptors (Lipinski definition) is 4. The molecule has 3 N–H and O–H groups in total. The van der Waals surface area contributed by atoms with Crippen LogP contribution in [0.3, 0.4) is 0 Å². The third kappa shape index (κ3) is 4.77. The van der Waals surface area contributed by atoms with Crippen molar-refractivity contribution in [3.8, 4) is 0 Å². The standard InChI is InChI=1S/C20H21N5S/c1-3-15-9-10-17(23-19-11-14(2)21-13-22-19)12-18(15)25-20(26)24-16-7-5-4-6-8-16/h4-13H,3H2,1-2H3,(H,21,22,23)(H2,24,25,26). The average Bonchev–Trinajstić information content (AvgIpc) is 2.63. The van der Waals surface area contributed by atoms with Gasteiger partial charge in [-0.1, -0.05) is 31.2 Å². The fourth-order valence-corrected chi connectivity index (χ4v) is 2.78. The summed E-state index contributed by atoms with van der Waals surface area (Å²) in [4.78, 5) is 8.36. The van der Waals surface area contributed by atoms with Crippen molar-refractivity contribution in [2.24, 2.45) is 0 Å². The molecule has 1 aromatic heterocycles. The first-order chi connectivity index (χ1) is 12.6. The molecule has 2 aromatic carbocycles. The lowest BCUT2D eigenvalue weighted by Gasteiger charge is -2.15. The highest BCUT2D eigenvalue weighted by Crippen LogP contribution is 2.24. The number of hydrogen-bond donors (Lipinski definition) is 3. The highest BCUT2D eigenvalue weighted by Gasteiger charge is 2.06. The maximum atomic E-state index is 5.45. The van der Waals surface area contributed by atoms with Crippen LogP contribution in [0.1, 0.15) is 18.2 Å². The van der Waals surface area contributed by atoms with Gasteiger partial charge in [-0.05, 0) is 55.4 Å². The van der Waals surface area contributed by atoms with Gasteiger partial charge in [0.2, 0.25) is 0 Å². The molecule has 0 radical (unpaired) electrons. The first-order valence-corrected chi connectivity index (χ1v) is 8.86. The number of anilines is 4. The highest BCUT2D eigenvalue weighted by molar-refractivity contribution is 7.80. The maximum absolute atomic E-state index is 5.45. The van der Waals surface area contributed by atoms with Gasteiger partial charge in [0.15, 0.2) is 5.11 Å². The van der Waals surface area contributed by atoms with Gasteiger partial charge in [-0.25, -0.2) is 9.97 Å². The summed E-state index contributed by atoms with van der Waals surface area (Å²) < 4.78 is 0. The van der Waals surface area contributed by atoms with Crippen LogP contribution >= 0.6 is 12.2 Å². The molecule has 0 saturated heterocycles. The molecule has 0 aliphatic carbocycles. The summed E-state index contributed by atoms with van der Waals surface area (Å²) in [6.07, 6.45) is 2.46. The van der Waals surface area contributed by atoms with Gasteiger partial charge >= 0.3 is 0 Å². The minimum Gasteiger partial charge on any atom is -0.340 e. The quantitative estimate of drug-likeness (QED) is 0.561. The lowest BCUT2D eigenvalue weighted by atomic mass is 10.1. The highest BCUT2D eigenvalue weighted by atomic mass is 32.1. The second kappa shape index (κ2) is 8.40. The molecule has 3 aromatic rings. The Morgan fingerprint density at radius 1 is 0.962 bits per heavy atom. The Balaban J connectivity index is 1.76. The molecule has 132 valence electrons. The minimum absolute atomic E-state index is 0.556. The second-order valence-corrected chi connectivity index (χ2v) is 6.25. The summed E-state index contributed by atoms with van der Waals surface area (Å²) >= 11 is 5.45. The van der Waals surface area contributed by atoms with Crippen LogP contribution in [0.5, 0.6) is 0 Å². The number of benzene rings is 2. The van der Waals surface area contributed by atoms with Crippen molar-refractivity contribution in [1.29, 1.82) is 0 Å². The Labute approximate surface area is 158 Å². The van der Waals surface area contributed by atoms with E-state index in [1.54, 1.807) is 6.33 Å². The molecule has 0 bridgehead atoms. The minimum atomic E-state index is 0.556. The van der Waals surface area contributed by atoms with Gasteiger partial charge in [0.1, 0.15) is 12.1 Å². The van der Waals surface area contributed by atoms with E-state index in [4.69, 9.17) is 12.2 Å². The van der Waals surface area contributed by atoms with Gasteiger partial charge in [0.05, 0.1) is 0 Å². The Morgan fingerprint density at radius 3 is 2.50 bits per heavy atom. The zero-order chi connectivity index (χ0) is 18.4. The van der Waals surface area contributed by atoms with Gasteiger partial charge in [-0.3, -0.25) is 0 Å². The molecule has 6 heteroatoms. The molecule has 0 saturated carbocycles. The predicted molar refractivity (Wildman–Crippen MR) is 112 cm³/mol. The summed E-state index contributed by atoms with van der Waals surface area (Å²) in [6, 6.07) is 17.9. The van der Waals surface area contributed by atoms with Crippen molar-refractivity contribution < 1.29 is 0 Å². The Kier molecular flexibility index (Phi) is 5.76. The molecule has 0 aliphatic rings. The number of aryl methyl sites for hydroxylation is 2. The van der Waals surface area contributed by atoms with Crippen LogP contribution in [-0.2, 0) is 6.42 Å². The lowest BCUT2D eigenvalue weighted by Crippen LogP contribution is -2.20. The molecule has 0 unspecified atom stereocenters. The summed E-state index contributed by atoms with van der Waals surface area (Å²) in [5.74, 6) is 0.762. The van der Waals surface area contributed by atoms with Crippen LogP contribution in [-0.4, -0.2) is 15.1 Å². The van der Waals surface area contributed by atoms with Gasteiger partial charge in [-0.2, -0.15) is 0 Å². The molecule has 0 fully saturated rings. The molecule has 0 aliphatic heterocycles. The third-order valence-corrected chi connectivity index (χ3v) is 4.05. The molecular formula is C20H21N5S. The second-order valence-electron chi connectivity index (χ2n) is 5.84. The monoisotopic (exact) mass is 363 g/mol. The van der Waals surface area contributed by atoms with E-state index >= 15 is 0 Å². The van der Waals surface area contributed by atoms with E-state index in [0.29, 0.717) is 5.11 Å². The van der Waals surface area contributed by atoms with Gasteiger partial charge < -0.3 is 16.0 Å². The van der Waals surface area contributed by atoms with E-state index < -0.39 is 0 Å². The fraction of sp³-hybridized carbons (Fsp3) is 0.150. The van der Waals surface area contributed by atoms with Crippen LogP contribution in [0.25, 0.3) is 0 Å². The van der Waals surface area contributed by atoms with Crippen LogP contribution in [0.15, 0.2) is 60.9 Å². The number of aromatic nitrogens is 2. The zero-order valence-corrected chi connectivity index (χ0v) is 15.6. The molecule has 0 spiro atoms. The van der Waals surface area contributed by atoms with Crippen molar-refractivity contribution >= 4 is 40.2 Å². The third-order valence-electron chi connectivity index (χ3n) is 3.85. The van der Waals surface area contributed by atoms with Gasteiger partial charge in [0.25, 0.3) is 0 Å². The van der Waals surface area contributed by atoms with Crippen LogP contribution in [0.2, 0.25) is 0 Å². The van der Waals surface area contributed by atoms with Gasteiger partial charge in [-0.15, -0.1) is 0 Å². The SMILES string of the molecule is CCc1ccc(Nc2cc(C)ncn2)cc1NC(=S)Nc1ccccc1. The summed E-state index contributed by atoms with van der Waals surface area (Å²) in [7, 11) is 0. The van der Waals surface area contributed by atoms with Crippen molar-refractivity contribution in [3.63, 3.8) is 0 Å². The van der Waals surface area contributed by atoms with Crippen LogP contribution in [0.4, 0.5) is 22.9 Å². The van der Waals surface area contributed by atoms with E-state index in [9.17, 15) is 0 Å². The number of rotatable bonds is 5. The molecule has 1 heterocycles. The Bertz CT molecular complexity index is 896. The van der Waals surface area contributed by atoms with E-state index in [-0.39, 0.29) is 0 Å². The molecule has 0 amide bonds.